The van der Waals surface area contributed by atoms with Gasteiger partial charge in [-0.15, -0.1) is 0 Å². The third-order valence-corrected chi connectivity index (χ3v) is 8.45. The number of hydrogen-bond donors (Lipinski definition) is 3. The van der Waals surface area contributed by atoms with Gasteiger partial charge in [0.25, 0.3) is 0 Å². The highest BCUT2D eigenvalue weighted by Crippen LogP contribution is 2.37. The average Bonchev–Trinajstić information content (AvgIpc) is 2.90. The van der Waals surface area contributed by atoms with Gasteiger partial charge in [0.05, 0.1) is 18.6 Å². The summed E-state index contributed by atoms with van der Waals surface area (Å²) in [6.07, 6.45) is 8.14. The normalized spacial score (nSPS) is 27.1. The predicted molar refractivity (Wildman–Crippen MR) is 148 cm³/mol. The maximum absolute atomic E-state index is 13.9. The number of carbonyl (C=O) groups is 3. The molecule has 3 aliphatic rings. The van der Waals surface area contributed by atoms with E-state index in [1.807, 2.05) is 4.90 Å². The lowest BCUT2D eigenvalue weighted by molar-refractivity contribution is -0.138. The Bertz CT molecular complexity index is 1070. The van der Waals surface area contributed by atoms with Crippen molar-refractivity contribution in [3.05, 3.63) is 41.7 Å². The number of nitrogens with one attached hydrogen (secondary N) is 3. The zero-order valence-corrected chi connectivity index (χ0v) is 23.4. The van der Waals surface area contributed by atoms with Gasteiger partial charge >= 0.3 is 0 Å². The number of allylic oxidation sites excluding steroid dienone is 2. The lowest BCUT2D eigenvalue weighted by Gasteiger charge is -2.41. The van der Waals surface area contributed by atoms with E-state index < -0.39 is 11.5 Å². The summed E-state index contributed by atoms with van der Waals surface area (Å²) in [5.41, 5.74) is 0.239. The fraction of sp³-hybridized carbons (Fsp3) is 0.633. The first kappa shape index (κ1) is 29.2. The summed E-state index contributed by atoms with van der Waals surface area (Å²) < 4.78 is 19.6. The number of amides is 3. The molecule has 39 heavy (non-hydrogen) atoms. The number of likely N-dealkylation sites (tertiary alicyclic amines) is 1. The molecule has 0 aliphatic carbocycles. The van der Waals surface area contributed by atoms with Crippen molar-refractivity contribution in [3.8, 4) is 0 Å². The highest BCUT2D eigenvalue weighted by atomic mass is 19.1. The third kappa shape index (κ3) is 7.45. The van der Waals surface area contributed by atoms with Gasteiger partial charge in [0.1, 0.15) is 11.9 Å². The Balaban J connectivity index is 1.44. The van der Waals surface area contributed by atoms with Crippen LogP contribution in [0.2, 0.25) is 0 Å². The van der Waals surface area contributed by atoms with Crippen molar-refractivity contribution in [2.45, 2.75) is 71.4 Å². The summed E-state index contributed by atoms with van der Waals surface area (Å²) >= 11 is 0. The molecule has 1 aromatic rings. The molecular formula is C30H43FN4O4. The van der Waals surface area contributed by atoms with Crippen LogP contribution in [0, 0.1) is 30.0 Å². The zero-order valence-electron chi connectivity index (χ0n) is 23.4. The van der Waals surface area contributed by atoms with Crippen molar-refractivity contribution in [1.29, 1.82) is 0 Å². The number of halogens is 1. The lowest BCUT2D eigenvalue weighted by atomic mass is 9.74. The minimum Gasteiger partial charge on any atom is -0.381 e. The molecule has 3 amide bonds. The van der Waals surface area contributed by atoms with Crippen LogP contribution in [0.1, 0.15) is 57.9 Å². The molecule has 0 bridgehead atoms. The Labute approximate surface area is 231 Å². The van der Waals surface area contributed by atoms with E-state index in [-0.39, 0.29) is 48.0 Å². The Hall–Kier alpha value is -2.78. The van der Waals surface area contributed by atoms with Gasteiger partial charge in [0.2, 0.25) is 17.7 Å². The van der Waals surface area contributed by atoms with E-state index in [0.29, 0.717) is 63.2 Å². The first-order valence-electron chi connectivity index (χ1n) is 14.3. The fourth-order valence-electron chi connectivity index (χ4n) is 5.90. The van der Waals surface area contributed by atoms with Gasteiger partial charge in [0.15, 0.2) is 0 Å². The van der Waals surface area contributed by atoms with Crippen LogP contribution in [-0.4, -0.2) is 67.6 Å². The Morgan fingerprint density at radius 3 is 2.72 bits per heavy atom. The third-order valence-electron chi connectivity index (χ3n) is 8.45. The van der Waals surface area contributed by atoms with E-state index in [1.165, 1.54) is 6.07 Å². The Kier molecular flexibility index (Phi) is 9.77. The molecule has 214 valence electrons. The van der Waals surface area contributed by atoms with Crippen LogP contribution in [0.5, 0.6) is 0 Å². The number of ether oxygens (including phenoxy) is 1. The molecule has 0 unspecified atom stereocenters. The van der Waals surface area contributed by atoms with Gasteiger partial charge in [-0.25, -0.2) is 4.39 Å². The van der Waals surface area contributed by atoms with Crippen molar-refractivity contribution in [2.75, 3.05) is 38.2 Å². The Morgan fingerprint density at radius 2 is 1.97 bits per heavy atom. The number of fused-ring (bicyclic) bond motifs is 1. The quantitative estimate of drug-likeness (QED) is 0.494. The standard InChI is InChI=1S/C30H43FN4O4/c1-20(2)17-26-28(37)33-25-10-16-39-19-22(25)7-4-5-11-30(29(38)34-26)12-14-35(15-13-30)18-27(36)32-24-9-6-8-23(31)21(24)3/h4-6,8-9,20,22,25-26H,7,10-19H2,1-3H3,(H,32,36)(H,33,37)(H,34,38)/b5-4-/t22-,25+,26+/m0/s1. The van der Waals surface area contributed by atoms with Crippen LogP contribution in [-0.2, 0) is 19.1 Å². The SMILES string of the molecule is Cc1c(F)cccc1NC(=O)CN1CCC2(C/C=C\C[C@H]3COCC[C@H]3NC(=O)[C@@H](CC(C)C)NC2=O)CC1. The molecule has 3 aliphatic heterocycles. The van der Waals surface area contributed by atoms with Gasteiger partial charge in [-0.05, 0) is 76.6 Å². The van der Waals surface area contributed by atoms with Crippen LogP contribution >= 0.6 is 0 Å². The molecule has 2 fully saturated rings. The van der Waals surface area contributed by atoms with E-state index >= 15 is 0 Å². The number of piperidine rings is 1. The summed E-state index contributed by atoms with van der Waals surface area (Å²) in [5.74, 6) is -0.304. The molecule has 1 aromatic carbocycles. The molecule has 8 nitrogen and oxygen atoms in total. The molecule has 0 aromatic heterocycles. The monoisotopic (exact) mass is 542 g/mol. The molecule has 0 saturated carbocycles. The van der Waals surface area contributed by atoms with Gasteiger partial charge in [-0.1, -0.05) is 32.1 Å². The summed E-state index contributed by atoms with van der Waals surface area (Å²) in [5, 5.41) is 9.15. The van der Waals surface area contributed by atoms with Crippen molar-refractivity contribution >= 4 is 23.4 Å². The summed E-state index contributed by atoms with van der Waals surface area (Å²) in [7, 11) is 0. The van der Waals surface area contributed by atoms with Crippen LogP contribution in [0.4, 0.5) is 10.1 Å². The minimum atomic E-state index is -0.639. The predicted octanol–water partition coefficient (Wildman–Crippen LogP) is 3.56. The second-order valence-electron chi connectivity index (χ2n) is 11.8. The van der Waals surface area contributed by atoms with Crippen molar-refractivity contribution in [1.82, 2.24) is 15.5 Å². The van der Waals surface area contributed by atoms with Crippen molar-refractivity contribution < 1.29 is 23.5 Å². The van der Waals surface area contributed by atoms with Gasteiger partial charge in [-0.2, -0.15) is 0 Å². The lowest BCUT2D eigenvalue weighted by Crippen LogP contribution is -2.57. The van der Waals surface area contributed by atoms with E-state index in [9.17, 15) is 18.8 Å². The topological polar surface area (TPSA) is 99.8 Å². The van der Waals surface area contributed by atoms with Crippen LogP contribution in [0.15, 0.2) is 30.4 Å². The highest BCUT2D eigenvalue weighted by Gasteiger charge is 2.42. The molecule has 0 radical (unpaired) electrons. The molecule has 3 atom stereocenters. The molecular weight excluding hydrogens is 499 g/mol. The summed E-state index contributed by atoms with van der Waals surface area (Å²) in [6, 6.07) is 4.09. The van der Waals surface area contributed by atoms with Crippen LogP contribution < -0.4 is 16.0 Å². The summed E-state index contributed by atoms with van der Waals surface area (Å²) in [4.78, 5) is 41.9. The molecule has 4 rings (SSSR count). The zero-order chi connectivity index (χ0) is 28.0. The van der Waals surface area contributed by atoms with Gasteiger partial charge < -0.3 is 20.7 Å². The van der Waals surface area contributed by atoms with E-state index in [4.69, 9.17) is 4.74 Å². The number of benzene rings is 1. The smallest absolute Gasteiger partial charge is 0.242 e. The molecule has 3 heterocycles. The first-order chi connectivity index (χ1) is 18.7. The highest BCUT2D eigenvalue weighted by molar-refractivity contribution is 5.93. The summed E-state index contributed by atoms with van der Waals surface area (Å²) in [6.45, 7) is 8.33. The van der Waals surface area contributed by atoms with Crippen molar-refractivity contribution in [3.63, 3.8) is 0 Å². The first-order valence-corrected chi connectivity index (χ1v) is 14.3. The largest absolute Gasteiger partial charge is 0.381 e. The molecule has 2 saturated heterocycles. The minimum absolute atomic E-state index is 0.0430. The van der Waals surface area contributed by atoms with E-state index in [0.717, 1.165) is 12.8 Å². The maximum Gasteiger partial charge on any atom is 0.242 e. The van der Waals surface area contributed by atoms with Gasteiger partial charge in [0, 0.05) is 29.8 Å². The van der Waals surface area contributed by atoms with E-state index in [1.54, 1.807) is 19.1 Å². The molecule has 9 heteroatoms. The number of anilines is 1. The fourth-order valence-corrected chi connectivity index (χ4v) is 5.90. The number of hydrogen-bond acceptors (Lipinski definition) is 5. The number of rotatable bonds is 5. The number of nitrogens with zero attached hydrogens (tertiary/aromatic N) is 1. The average molecular weight is 543 g/mol. The van der Waals surface area contributed by atoms with Crippen LogP contribution in [0.3, 0.4) is 0 Å². The maximum atomic E-state index is 13.9. The second kappa shape index (κ2) is 13.0. The van der Waals surface area contributed by atoms with Crippen molar-refractivity contribution in [2.24, 2.45) is 17.3 Å². The van der Waals surface area contributed by atoms with Gasteiger partial charge in [-0.3, -0.25) is 19.3 Å². The Morgan fingerprint density at radius 1 is 1.21 bits per heavy atom. The van der Waals surface area contributed by atoms with Crippen LogP contribution in [0.25, 0.3) is 0 Å². The number of carbonyl (C=O) groups excluding carboxylic acids is 3. The molecule has 1 spiro atoms. The second-order valence-corrected chi connectivity index (χ2v) is 11.8. The van der Waals surface area contributed by atoms with E-state index in [2.05, 4.69) is 41.9 Å². The molecule has 3 N–H and O–H groups in total.